The van der Waals surface area contributed by atoms with Gasteiger partial charge in [-0.3, -0.25) is 10.2 Å². The zero-order valence-electron chi connectivity index (χ0n) is 15.3. The quantitative estimate of drug-likeness (QED) is 0.551. The molecule has 6 nitrogen and oxygen atoms in total. The summed E-state index contributed by atoms with van der Waals surface area (Å²) in [5.74, 6) is 2.15. The molecule has 0 amide bonds. The van der Waals surface area contributed by atoms with Crippen LogP contribution in [0.4, 0.5) is 18.9 Å². The number of hydrogen-bond donors (Lipinski definition) is 1. The van der Waals surface area contributed by atoms with Crippen LogP contribution in [-0.4, -0.2) is 23.8 Å². The fraction of sp³-hybridized carbons (Fsp3) is 0.158. The van der Waals surface area contributed by atoms with Gasteiger partial charge in [-0.25, -0.2) is 18.1 Å². The summed E-state index contributed by atoms with van der Waals surface area (Å²) in [7, 11) is -3.69. The number of aromatic nitrogens is 2. The average molecular weight is 500 g/mol. The fourth-order valence-corrected chi connectivity index (χ4v) is 4.29. The minimum atomic E-state index is -4.67. The number of rotatable bonds is 4. The van der Waals surface area contributed by atoms with Crippen LogP contribution in [0.1, 0.15) is 18.1 Å². The molecule has 156 valence electrons. The summed E-state index contributed by atoms with van der Waals surface area (Å²) in [6, 6.07) is 5.60. The van der Waals surface area contributed by atoms with E-state index < -0.39 is 27.1 Å². The molecule has 0 bridgehead atoms. The molecular weight excluding hydrogens is 487 g/mol. The van der Waals surface area contributed by atoms with E-state index >= 15 is 0 Å². The van der Waals surface area contributed by atoms with E-state index in [9.17, 15) is 26.4 Å². The van der Waals surface area contributed by atoms with Gasteiger partial charge in [-0.15, -0.1) is 6.42 Å². The van der Waals surface area contributed by atoms with Crippen LogP contribution >= 0.6 is 15.9 Å². The van der Waals surface area contributed by atoms with Crippen molar-refractivity contribution in [2.24, 2.45) is 0 Å². The lowest BCUT2D eigenvalue weighted by Crippen LogP contribution is -2.28. The average Bonchev–Trinajstić information content (AvgIpc) is 2.69. The third kappa shape index (κ3) is 4.06. The number of anilines is 1. The van der Waals surface area contributed by atoms with Crippen molar-refractivity contribution < 1.29 is 21.6 Å². The smallest absolute Gasteiger partial charge is 0.289 e. The molecule has 1 aromatic heterocycles. The van der Waals surface area contributed by atoms with Gasteiger partial charge in [-0.1, -0.05) is 12.8 Å². The van der Waals surface area contributed by atoms with E-state index in [0.717, 1.165) is 17.1 Å². The van der Waals surface area contributed by atoms with Crippen LogP contribution in [0.2, 0.25) is 0 Å². The van der Waals surface area contributed by atoms with Crippen molar-refractivity contribution in [1.82, 2.24) is 9.66 Å². The molecule has 0 spiro atoms. The molecule has 0 unspecified atom stereocenters. The Morgan fingerprint density at radius 2 is 1.97 bits per heavy atom. The van der Waals surface area contributed by atoms with Crippen molar-refractivity contribution >= 4 is 42.4 Å². The van der Waals surface area contributed by atoms with Crippen molar-refractivity contribution in [2.75, 3.05) is 11.2 Å². The van der Waals surface area contributed by atoms with Gasteiger partial charge in [0.15, 0.2) is 9.84 Å². The van der Waals surface area contributed by atoms with Gasteiger partial charge in [0.2, 0.25) is 0 Å². The molecule has 3 rings (SSSR count). The van der Waals surface area contributed by atoms with Crippen LogP contribution in [-0.2, 0) is 16.0 Å². The molecule has 11 heteroatoms. The Morgan fingerprint density at radius 3 is 2.57 bits per heavy atom. The summed E-state index contributed by atoms with van der Waals surface area (Å²) in [5, 5.41) is -0.306. The van der Waals surface area contributed by atoms with Crippen molar-refractivity contribution in [1.29, 1.82) is 0 Å². The Kier molecular flexibility index (Phi) is 5.66. The topological polar surface area (TPSA) is 81.1 Å². The molecule has 0 radical (unpaired) electrons. The monoisotopic (exact) mass is 499 g/mol. The van der Waals surface area contributed by atoms with Crippen LogP contribution in [0.5, 0.6) is 0 Å². The SMILES string of the molecule is C#Cc1ccc(S(=O)(=O)CC)c(Nn2cnc3c(Br)cc(C(F)(F)F)cc3c2=O)c1. The highest BCUT2D eigenvalue weighted by molar-refractivity contribution is 9.10. The van der Waals surface area contributed by atoms with Crippen molar-refractivity contribution in [3.05, 3.63) is 62.6 Å². The highest BCUT2D eigenvalue weighted by Gasteiger charge is 2.32. The second-order valence-corrected chi connectivity index (χ2v) is 9.24. The van der Waals surface area contributed by atoms with E-state index in [2.05, 4.69) is 32.3 Å². The maximum absolute atomic E-state index is 13.1. The Labute approximate surface area is 177 Å². The van der Waals surface area contributed by atoms with Gasteiger partial charge in [0.1, 0.15) is 6.33 Å². The molecule has 30 heavy (non-hydrogen) atoms. The fourth-order valence-electron chi connectivity index (χ4n) is 2.70. The standard InChI is InChI=1S/C19H13BrF3N3O3S/c1-3-11-5-6-16(30(28,29)4-2)15(7-11)25-26-10-24-17-13(18(26)27)8-12(9-14(17)20)19(21,22)23/h1,5-10,25H,4H2,2H3. The number of benzene rings is 2. The van der Waals surface area contributed by atoms with Crippen LogP contribution in [0, 0.1) is 12.3 Å². The van der Waals surface area contributed by atoms with Gasteiger partial charge in [-0.05, 0) is 46.3 Å². The second kappa shape index (κ2) is 7.77. The molecule has 3 aromatic rings. The van der Waals surface area contributed by atoms with Gasteiger partial charge in [0.25, 0.3) is 5.56 Å². The van der Waals surface area contributed by atoms with E-state index in [1.807, 2.05) is 0 Å². The first-order valence-corrected chi connectivity index (χ1v) is 10.8. The van der Waals surface area contributed by atoms with E-state index in [4.69, 9.17) is 6.42 Å². The highest BCUT2D eigenvalue weighted by atomic mass is 79.9. The summed E-state index contributed by atoms with van der Waals surface area (Å²) in [6.45, 7) is 1.45. The van der Waals surface area contributed by atoms with E-state index in [0.29, 0.717) is 11.6 Å². The van der Waals surface area contributed by atoms with Gasteiger partial charge in [-0.2, -0.15) is 13.2 Å². The van der Waals surface area contributed by atoms with Crippen LogP contribution in [0.3, 0.4) is 0 Å². The number of hydrogen-bond acceptors (Lipinski definition) is 5. The minimum absolute atomic E-state index is 0.000143. The first-order chi connectivity index (χ1) is 14.0. The number of sulfone groups is 1. The zero-order chi connectivity index (χ0) is 22.3. The Bertz CT molecular complexity index is 1360. The third-order valence-electron chi connectivity index (χ3n) is 4.24. The van der Waals surface area contributed by atoms with Crippen LogP contribution in [0.15, 0.2) is 50.8 Å². The van der Waals surface area contributed by atoms with Crippen LogP contribution in [0.25, 0.3) is 10.9 Å². The summed E-state index contributed by atoms with van der Waals surface area (Å²) >= 11 is 3.00. The maximum atomic E-state index is 13.1. The highest BCUT2D eigenvalue weighted by Crippen LogP contribution is 2.33. The maximum Gasteiger partial charge on any atom is 0.416 e. The molecule has 1 heterocycles. The van der Waals surface area contributed by atoms with E-state index in [1.165, 1.54) is 25.1 Å². The van der Waals surface area contributed by atoms with Crippen LogP contribution < -0.4 is 11.0 Å². The number of halogens is 4. The summed E-state index contributed by atoms with van der Waals surface area (Å²) in [4.78, 5) is 16.7. The first-order valence-electron chi connectivity index (χ1n) is 8.36. The molecule has 0 fully saturated rings. The van der Waals surface area contributed by atoms with Gasteiger partial charge in [0.05, 0.1) is 32.8 Å². The summed E-state index contributed by atoms with van der Waals surface area (Å²) < 4.78 is 65.0. The molecule has 1 N–H and O–H groups in total. The Morgan fingerprint density at radius 1 is 1.27 bits per heavy atom. The number of terminal acetylenes is 1. The predicted octanol–water partition coefficient (Wildman–Crippen LogP) is 3.83. The lowest BCUT2D eigenvalue weighted by atomic mass is 10.1. The Hall–Kier alpha value is -2.84. The molecule has 0 saturated heterocycles. The van der Waals surface area contributed by atoms with Gasteiger partial charge < -0.3 is 0 Å². The zero-order valence-corrected chi connectivity index (χ0v) is 17.7. The minimum Gasteiger partial charge on any atom is -0.289 e. The molecule has 0 atom stereocenters. The molecular formula is C19H13BrF3N3O3S. The van der Waals surface area contributed by atoms with Crippen molar-refractivity contribution in [3.63, 3.8) is 0 Å². The van der Waals surface area contributed by atoms with Gasteiger partial charge >= 0.3 is 6.18 Å². The van der Waals surface area contributed by atoms with E-state index in [1.54, 1.807) is 0 Å². The largest absolute Gasteiger partial charge is 0.416 e. The number of nitrogens with one attached hydrogen (secondary N) is 1. The number of nitrogens with zero attached hydrogens (tertiary/aromatic N) is 2. The molecule has 0 aliphatic carbocycles. The molecule has 2 aromatic carbocycles. The number of fused-ring (bicyclic) bond motifs is 1. The molecule has 0 aliphatic rings. The third-order valence-corrected chi connectivity index (χ3v) is 6.64. The number of alkyl halides is 3. The lowest BCUT2D eigenvalue weighted by Gasteiger charge is -2.15. The van der Waals surface area contributed by atoms with Gasteiger partial charge in [0, 0.05) is 10.0 Å². The van der Waals surface area contributed by atoms with E-state index in [-0.39, 0.29) is 31.7 Å². The summed E-state index contributed by atoms with van der Waals surface area (Å²) in [5.41, 5.74) is 1.10. The van der Waals surface area contributed by atoms with Crippen molar-refractivity contribution in [2.45, 2.75) is 18.0 Å². The summed E-state index contributed by atoms with van der Waals surface area (Å²) in [6.07, 6.45) is 1.75. The Balaban J connectivity index is 2.21. The predicted molar refractivity (Wildman–Crippen MR) is 110 cm³/mol. The molecule has 0 saturated carbocycles. The van der Waals surface area contributed by atoms with Crippen molar-refractivity contribution in [3.8, 4) is 12.3 Å². The normalized spacial score (nSPS) is 12.0. The lowest BCUT2D eigenvalue weighted by molar-refractivity contribution is -0.137. The first kappa shape index (κ1) is 21.9. The second-order valence-electron chi connectivity index (χ2n) is 6.14. The molecule has 0 aliphatic heterocycles.